The van der Waals surface area contributed by atoms with Gasteiger partial charge in [-0.15, -0.1) is 0 Å². The third-order valence-electron chi connectivity index (χ3n) is 3.41. The van der Waals surface area contributed by atoms with Crippen LogP contribution in [0, 0.1) is 5.92 Å². The molecule has 0 heterocycles. The van der Waals surface area contributed by atoms with Gasteiger partial charge >= 0.3 is 0 Å². The Hall–Kier alpha value is -1.55. The van der Waals surface area contributed by atoms with Crippen molar-refractivity contribution in [2.75, 3.05) is 13.1 Å². The number of nitrogens with one attached hydrogen (secondary N) is 1. The van der Waals surface area contributed by atoms with Crippen LogP contribution >= 0.6 is 0 Å². The second-order valence-corrected chi connectivity index (χ2v) is 5.58. The van der Waals surface area contributed by atoms with Gasteiger partial charge in [0.15, 0.2) is 0 Å². The van der Waals surface area contributed by atoms with E-state index in [1.165, 1.54) is 12.8 Å². The van der Waals surface area contributed by atoms with Gasteiger partial charge in [0, 0.05) is 6.54 Å². The molecule has 0 aliphatic carbocycles. The van der Waals surface area contributed by atoms with Crippen molar-refractivity contribution in [3.63, 3.8) is 0 Å². The molecule has 4 N–H and O–H groups in total. The zero-order valence-electron chi connectivity index (χ0n) is 12.5. The van der Waals surface area contributed by atoms with Crippen molar-refractivity contribution < 1.29 is 5.21 Å². The molecular formula is C16H27N3O. The molecule has 0 saturated heterocycles. The highest BCUT2D eigenvalue weighted by molar-refractivity contribution is 5.87. The molecule has 4 heteroatoms. The van der Waals surface area contributed by atoms with E-state index < -0.39 is 0 Å². The summed E-state index contributed by atoms with van der Waals surface area (Å²) in [6.45, 7) is 6.16. The van der Waals surface area contributed by atoms with Crippen LogP contribution in [0.4, 0.5) is 0 Å². The fraction of sp³-hybridized carbons (Fsp3) is 0.562. The third kappa shape index (κ3) is 6.06. The summed E-state index contributed by atoms with van der Waals surface area (Å²) in [5.41, 5.74) is 6.86. The Kier molecular flexibility index (Phi) is 7.73. The molecule has 0 aromatic heterocycles. The molecule has 1 aromatic rings. The maximum atomic E-state index is 8.90. The van der Waals surface area contributed by atoms with Crippen LogP contribution in [0.3, 0.4) is 0 Å². The first-order valence-electron chi connectivity index (χ1n) is 7.38. The first kappa shape index (κ1) is 16.5. The molecule has 1 unspecified atom stereocenters. The number of hydrogen-bond acceptors (Lipinski definition) is 3. The van der Waals surface area contributed by atoms with Crippen LogP contribution in [0.2, 0.25) is 0 Å². The summed E-state index contributed by atoms with van der Waals surface area (Å²) < 4.78 is 0. The van der Waals surface area contributed by atoms with E-state index in [1.807, 2.05) is 30.3 Å². The van der Waals surface area contributed by atoms with E-state index >= 15 is 0 Å². The minimum atomic E-state index is -0.0775. The molecule has 0 aliphatic rings. The molecule has 0 amide bonds. The predicted octanol–water partition coefficient (Wildman–Crippen LogP) is 2.93. The van der Waals surface area contributed by atoms with Crippen molar-refractivity contribution >= 4 is 5.84 Å². The van der Waals surface area contributed by atoms with Gasteiger partial charge in [0.05, 0.1) is 5.92 Å². The van der Waals surface area contributed by atoms with Gasteiger partial charge in [0.1, 0.15) is 5.84 Å². The fourth-order valence-electron chi connectivity index (χ4n) is 2.20. The Morgan fingerprint density at radius 3 is 2.55 bits per heavy atom. The van der Waals surface area contributed by atoms with Gasteiger partial charge < -0.3 is 16.3 Å². The minimum Gasteiger partial charge on any atom is -0.409 e. The average Bonchev–Trinajstić information content (AvgIpc) is 2.46. The lowest BCUT2D eigenvalue weighted by atomic mass is 9.98. The van der Waals surface area contributed by atoms with Gasteiger partial charge in [0.2, 0.25) is 0 Å². The summed E-state index contributed by atoms with van der Waals surface area (Å²) in [6.07, 6.45) is 3.67. The molecule has 0 radical (unpaired) electrons. The van der Waals surface area contributed by atoms with E-state index in [0.717, 1.165) is 24.4 Å². The first-order chi connectivity index (χ1) is 9.65. The number of rotatable bonds is 9. The number of amidine groups is 1. The molecule has 1 aromatic carbocycles. The number of hydrogen-bond donors (Lipinski definition) is 3. The Morgan fingerprint density at radius 2 is 1.95 bits per heavy atom. The van der Waals surface area contributed by atoms with Gasteiger partial charge in [0.25, 0.3) is 0 Å². The predicted molar refractivity (Wildman–Crippen MR) is 84.2 cm³/mol. The van der Waals surface area contributed by atoms with E-state index in [0.29, 0.717) is 6.54 Å². The summed E-state index contributed by atoms with van der Waals surface area (Å²) in [5, 5.41) is 15.5. The van der Waals surface area contributed by atoms with E-state index in [9.17, 15) is 0 Å². The molecule has 0 spiro atoms. The molecule has 20 heavy (non-hydrogen) atoms. The van der Waals surface area contributed by atoms with E-state index in [2.05, 4.69) is 24.3 Å². The van der Waals surface area contributed by atoms with Crippen molar-refractivity contribution in [2.45, 2.75) is 39.0 Å². The highest BCUT2D eigenvalue weighted by Gasteiger charge is 2.15. The second kappa shape index (κ2) is 9.37. The quantitative estimate of drug-likeness (QED) is 0.214. The van der Waals surface area contributed by atoms with Crippen LogP contribution in [0.25, 0.3) is 0 Å². The fourth-order valence-corrected chi connectivity index (χ4v) is 2.20. The smallest absolute Gasteiger partial charge is 0.147 e. The van der Waals surface area contributed by atoms with E-state index in [4.69, 9.17) is 10.9 Å². The summed E-state index contributed by atoms with van der Waals surface area (Å²) in [4.78, 5) is 0. The number of unbranched alkanes of at least 4 members (excludes halogenated alkanes) is 1. The Morgan fingerprint density at radius 1 is 1.25 bits per heavy atom. The maximum absolute atomic E-state index is 8.90. The van der Waals surface area contributed by atoms with Crippen LogP contribution in [-0.4, -0.2) is 24.1 Å². The second-order valence-electron chi connectivity index (χ2n) is 5.58. The number of nitrogens with zero attached hydrogens (tertiary/aromatic N) is 1. The van der Waals surface area contributed by atoms with Crippen LogP contribution in [0.5, 0.6) is 0 Å². The Balaban J connectivity index is 2.40. The van der Waals surface area contributed by atoms with E-state index in [1.54, 1.807) is 0 Å². The summed E-state index contributed by atoms with van der Waals surface area (Å²) >= 11 is 0. The molecule has 0 fully saturated rings. The molecule has 0 bridgehead atoms. The molecule has 4 nitrogen and oxygen atoms in total. The summed E-state index contributed by atoms with van der Waals surface area (Å²) in [6, 6.07) is 9.91. The van der Waals surface area contributed by atoms with Gasteiger partial charge in [-0.2, -0.15) is 0 Å². The van der Waals surface area contributed by atoms with Crippen molar-refractivity contribution in [3.05, 3.63) is 35.9 Å². The van der Waals surface area contributed by atoms with Crippen LogP contribution in [0.1, 0.15) is 44.6 Å². The third-order valence-corrected chi connectivity index (χ3v) is 3.41. The monoisotopic (exact) mass is 277 g/mol. The molecule has 0 saturated carbocycles. The molecule has 1 rings (SSSR count). The highest BCUT2D eigenvalue weighted by atomic mass is 16.4. The van der Waals surface area contributed by atoms with Crippen molar-refractivity contribution in [3.8, 4) is 0 Å². The molecular weight excluding hydrogens is 250 g/mol. The normalized spacial score (nSPS) is 13.7. The Bertz CT molecular complexity index is 390. The zero-order valence-corrected chi connectivity index (χ0v) is 12.5. The molecule has 0 aliphatic heterocycles. The van der Waals surface area contributed by atoms with Crippen molar-refractivity contribution in [2.24, 2.45) is 16.8 Å². The van der Waals surface area contributed by atoms with E-state index in [-0.39, 0.29) is 11.8 Å². The van der Waals surface area contributed by atoms with Gasteiger partial charge in [-0.1, -0.05) is 62.2 Å². The van der Waals surface area contributed by atoms with Gasteiger partial charge in [-0.05, 0) is 24.4 Å². The van der Waals surface area contributed by atoms with Crippen molar-refractivity contribution in [1.82, 2.24) is 5.32 Å². The summed E-state index contributed by atoms with van der Waals surface area (Å²) in [7, 11) is 0. The van der Waals surface area contributed by atoms with Gasteiger partial charge in [-0.3, -0.25) is 0 Å². The van der Waals surface area contributed by atoms with Crippen LogP contribution < -0.4 is 11.1 Å². The highest BCUT2D eigenvalue weighted by Crippen LogP contribution is 2.15. The lowest BCUT2D eigenvalue weighted by Crippen LogP contribution is -2.32. The minimum absolute atomic E-state index is 0.0775. The standard InChI is InChI=1S/C16H27N3O/c1-13(2)8-6-7-11-18-12-15(16(17)19-20)14-9-4-3-5-10-14/h3-5,9-10,13,15,18,20H,6-8,11-12H2,1-2H3,(H2,17,19). The van der Waals surface area contributed by atoms with Crippen LogP contribution in [0.15, 0.2) is 35.5 Å². The lowest BCUT2D eigenvalue weighted by molar-refractivity contribution is 0.315. The summed E-state index contributed by atoms with van der Waals surface area (Å²) in [5.74, 6) is 0.946. The average molecular weight is 277 g/mol. The molecule has 1 atom stereocenters. The topological polar surface area (TPSA) is 70.6 Å². The zero-order chi connectivity index (χ0) is 14.8. The Labute approximate surface area is 122 Å². The number of nitrogens with two attached hydrogens (primary N) is 1. The number of benzene rings is 1. The molecule has 112 valence electrons. The van der Waals surface area contributed by atoms with Crippen LogP contribution in [-0.2, 0) is 0 Å². The lowest BCUT2D eigenvalue weighted by Gasteiger charge is -2.16. The number of oxime groups is 1. The van der Waals surface area contributed by atoms with Gasteiger partial charge in [-0.25, -0.2) is 0 Å². The first-order valence-corrected chi connectivity index (χ1v) is 7.38. The van der Waals surface area contributed by atoms with Crippen molar-refractivity contribution in [1.29, 1.82) is 0 Å². The largest absolute Gasteiger partial charge is 0.409 e. The maximum Gasteiger partial charge on any atom is 0.147 e. The SMILES string of the molecule is CC(C)CCCCNCC(/C(N)=N/O)c1ccccc1.